The minimum atomic E-state index is -1.00. The molecule has 4 aliphatic rings. The van der Waals surface area contributed by atoms with Crippen molar-refractivity contribution in [1.82, 2.24) is 31.2 Å². The molecule has 4 N–H and O–H groups in total. The van der Waals surface area contributed by atoms with Gasteiger partial charge in [-0.1, -0.05) is 78.9 Å². The van der Waals surface area contributed by atoms with E-state index in [0.717, 1.165) is 44.9 Å². The van der Waals surface area contributed by atoms with Gasteiger partial charge in [0.15, 0.2) is 0 Å². The summed E-state index contributed by atoms with van der Waals surface area (Å²) in [4.78, 5) is 87.7. The second-order valence-electron chi connectivity index (χ2n) is 16.4. The molecule has 5 amide bonds. The van der Waals surface area contributed by atoms with Crippen molar-refractivity contribution in [3.8, 4) is 0 Å². The summed E-state index contributed by atoms with van der Waals surface area (Å²) in [5.41, 5.74) is -0.737. The Balaban J connectivity index is 1.36. The molecule has 2 heterocycles. The monoisotopic (exact) mass is 690 g/mol. The van der Waals surface area contributed by atoms with Gasteiger partial charge in [0, 0.05) is 19.3 Å². The van der Waals surface area contributed by atoms with E-state index in [4.69, 9.17) is 0 Å². The number of pyridine rings is 1. The lowest BCUT2D eigenvalue weighted by atomic mass is 9.82. The van der Waals surface area contributed by atoms with Gasteiger partial charge in [-0.2, -0.15) is 0 Å². The van der Waals surface area contributed by atoms with Crippen molar-refractivity contribution in [2.45, 2.75) is 110 Å². The number of carbonyl (C=O) groups is 6. The molecule has 6 atom stereocenters. The summed E-state index contributed by atoms with van der Waals surface area (Å²) in [5.74, 6) is -3.16. The van der Waals surface area contributed by atoms with E-state index in [9.17, 15) is 28.8 Å². The second kappa shape index (κ2) is 15.0. The van der Waals surface area contributed by atoms with Gasteiger partial charge in [0.25, 0.3) is 11.8 Å². The van der Waals surface area contributed by atoms with Gasteiger partial charge in [-0.15, -0.1) is 6.58 Å². The zero-order chi connectivity index (χ0) is 36.4. The van der Waals surface area contributed by atoms with E-state index in [0.29, 0.717) is 13.0 Å². The van der Waals surface area contributed by atoms with Crippen LogP contribution in [0.25, 0.3) is 0 Å². The molecule has 1 saturated heterocycles. The van der Waals surface area contributed by atoms with E-state index >= 15 is 0 Å². The molecule has 4 fully saturated rings. The van der Waals surface area contributed by atoms with E-state index in [1.807, 2.05) is 20.8 Å². The molecule has 3 saturated carbocycles. The molecule has 272 valence electrons. The number of hydrogen-bond donors (Lipinski definition) is 4. The number of nitrogens with zero attached hydrogens (tertiary/aromatic N) is 2. The van der Waals surface area contributed by atoms with E-state index < -0.39 is 59.0 Å². The number of likely N-dealkylation sites (tertiary alicyclic amines) is 1. The molecule has 12 heteroatoms. The number of piperidine rings is 1. The van der Waals surface area contributed by atoms with Crippen LogP contribution in [-0.2, 0) is 24.0 Å². The van der Waals surface area contributed by atoms with Crippen LogP contribution in [0.15, 0.2) is 37.1 Å². The second-order valence-corrected chi connectivity index (χ2v) is 16.4. The van der Waals surface area contributed by atoms with Crippen molar-refractivity contribution >= 4 is 35.3 Å². The highest BCUT2D eigenvalue weighted by atomic mass is 16.2. The summed E-state index contributed by atoms with van der Waals surface area (Å²) in [6, 6.07) is 1.27. The molecule has 50 heavy (non-hydrogen) atoms. The molecular formula is C38H54N6O6. The Labute approximate surface area is 295 Å². The smallest absolute Gasteiger partial charge is 0.289 e. The summed E-state index contributed by atoms with van der Waals surface area (Å²) < 4.78 is 0. The molecule has 0 spiro atoms. The van der Waals surface area contributed by atoms with Crippen molar-refractivity contribution < 1.29 is 28.8 Å². The zero-order valence-electron chi connectivity index (χ0n) is 30.1. The summed E-state index contributed by atoms with van der Waals surface area (Å²) in [6.07, 6.45) is 9.71. The van der Waals surface area contributed by atoms with Gasteiger partial charge < -0.3 is 26.2 Å². The maximum Gasteiger partial charge on any atom is 0.289 e. The van der Waals surface area contributed by atoms with Crippen LogP contribution < -0.4 is 21.3 Å². The van der Waals surface area contributed by atoms with Crippen molar-refractivity contribution in [2.75, 3.05) is 13.1 Å². The fourth-order valence-corrected chi connectivity index (χ4v) is 8.02. The molecule has 0 aromatic carbocycles. The predicted molar refractivity (Wildman–Crippen MR) is 187 cm³/mol. The molecule has 5 rings (SSSR count). The van der Waals surface area contributed by atoms with Gasteiger partial charge in [-0.05, 0) is 65.9 Å². The molecule has 1 aromatic heterocycles. The fraction of sp³-hybridized carbons (Fsp3) is 0.658. The lowest BCUT2D eigenvalue weighted by molar-refractivity contribution is -0.147. The van der Waals surface area contributed by atoms with Gasteiger partial charge in [0.05, 0.1) is 6.04 Å². The van der Waals surface area contributed by atoms with Gasteiger partial charge in [0.2, 0.25) is 23.5 Å². The quantitative estimate of drug-likeness (QED) is 0.172. The first-order chi connectivity index (χ1) is 23.6. The Hall–Kier alpha value is -4.09. The topological polar surface area (TPSA) is 167 Å². The van der Waals surface area contributed by atoms with Crippen molar-refractivity contribution in [1.29, 1.82) is 0 Å². The minimum Gasteiger partial charge on any atom is -0.346 e. The Morgan fingerprint density at radius 3 is 2.30 bits per heavy atom. The summed E-state index contributed by atoms with van der Waals surface area (Å²) in [7, 11) is 0. The number of fused-ring (bicyclic) bond motifs is 1. The maximum absolute atomic E-state index is 14.6. The van der Waals surface area contributed by atoms with Gasteiger partial charge in [-0.25, -0.2) is 0 Å². The largest absolute Gasteiger partial charge is 0.346 e. The number of hydrogen-bond acceptors (Lipinski definition) is 7. The maximum atomic E-state index is 14.6. The number of ketones is 1. The Morgan fingerprint density at radius 2 is 1.70 bits per heavy atom. The lowest BCUT2D eigenvalue weighted by Gasteiger charge is -2.39. The molecule has 1 aliphatic heterocycles. The van der Waals surface area contributed by atoms with Crippen LogP contribution >= 0.6 is 0 Å². The minimum absolute atomic E-state index is 0.0691. The first-order valence-electron chi connectivity index (χ1n) is 18.2. The van der Waals surface area contributed by atoms with Crippen LogP contribution in [0, 0.1) is 34.5 Å². The number of Topliss-reactive ketones (excluding diaryl/α,β-unsaturated/α-hetero) is 1. The first kappa shape index (κ1) is 37.2. The molecule has 0 bridgehead atoms. The highest BCUT2D eigenvalue weighted by Crippen LogP contribution is 2.65. The van der Waals surface area contributed by atoms with Crippen LogP contribution in [0.4, 0.5) is 0 Å². The van der Waals surface area contributed by atoms with E-state index in [-0.39, 0.29) is 47.2 Å². The third-order valence-corrected chi connectivity index (χ3v) is 11.3. The molecule has 0 radical (unpaired) electrons. The highest BCUT2D eigenvalue weighted by molar-refractivity contribution is 6.38. The molecule has 1 aromatic rings. The van der Waals surface area contributed by atoms with Gasteiger partial charge in [0.1, 0.15) is 23.8 Å². The Morgan fingerprint density at radius 1 is 1.00 bits per heavy atom. The number of amides is 5. The van der Waals surface area contributed by atoms with Crippen molar-refractivity contribution in [3.63, 3.8) is 0 Å². The zero-order valence-corrected chi connectivity index (χ0v) is 30.1. The fourth-order valence-electron chi connectivity index (χ4n) is 8.02. The van der Waals surface area contributed by atoms with E-state index in [1.54, 1.807) is 23.1 Å². The Bertz CT molecular complexity index is 1480. The van der Waals surface area contributed by atoms with E-state index in [1.165, 1.54) is 12.3 Å². The average Bonchev–Trinajstić information content (AvgIpc) is 3.95. The van der Waals surface area contributed by atoms with Gasteiger partial charge in [-0.3, -0.25) is 33.8 Å². The number of rotatable bonds is 14. The van der Waals surface area contributed by atoms with Crippen molar-refractivity contribution in [2.24, 2.45) is 34.5 Å². The van der Waals surface area contributed by atoms with Crippen LogP contribution in [0.1, 0.15) is 96.5 Å². The van der Waals surface area contributed by atoms with Crippen molar-refractivity contribution in [3.05, 3.63) is 42.7 Å². The molecule has 3 aliphatic carbocycles. The summed E-state index contributed by atoms with van der Waals surface area (Å²) >= 11 is 0. The number of aromatic nitrogens is 1. The van der Waals surface area contributed by atoms with Crippen LogP contribution in [0.3, 0.4) is 0 Å². The predicted octanol–water partition coefficient (Wildman–Crippen LogP) is 2.93. The SMILES string of the molecule is C=CCNC(=O)C(=O)C(CC1CC1)NC(=O)[C@@H]1[C@@H]2[C@H](CN1C(=O)[C@@H](NC(=O)[C@@H](NC(=O)c1ccccn1)C1CCCCC1)C(C)(C)C)C2(C)C. The standard InChI is InChI=1S/C38H54N6O6/c1-7-18-40-35(49)30(45)26(20-22-16-17-22)41-34(48)29-27-24(38(27,5)6)21-44(29)36(50)31(37(2,3)4)43-33(47)28(23-13-9-8-10-14-23)42-32(46)25-15-11-12-19-39-25/h7,11-12,15,19,22-24,26-29,31H,1,8-10,13-14,16-18,20-21H2,2-6H3,(H,40,49)(H,41,48)(H,42,46)(H,43,47)/t24-,26?,27-,28-,29-,31+/m0/s1. The Kier molecular flexibility index (Phi) is 11.2. The summed E-state index contributed by atoms with van der Waals surface area (Å²) in [6.45, 7) is 13.8. The van der Waals surface area contributed by atoms with Crippen LogP contribution in [0.2, 0.25) is 0 Å². The molecule has 12 nitrogen and oxygen atoms in total. The molecule has 1 unspecified atom stereocenters. The number of carbonyl (C=O) groups excluding carboxylic acids is 6. The first-order valence-corrected chi connectivity index (χ1v) is 18.2. The lowest BCUT2D eigenvalue weighted by Crippen LogP contribution is -2.63. The van der Waals surface area contributed by atoms with E-state index in [2.05, 4.69) is 46.7 Å². The van der Waals surface area contributed by atoms with Crippen LogP contribution in [-0.4, -0.2) is 82.5 Å². The average molecular weight is 691 g/mol. The van der Waals surface area contributed by atoms with Crippen LogP contribution in [0.5, 0.6) is 0 Å². The third kappa shape index (κ3) is 8.26. The third-order valence-electron chi connectivity index (χ3n) is 11.3. The molecular weight excluding hydrogens is 636 g/mol. The summed E-state index contributed by atoms with van der Waals surface area (Å²) in [5, 5.41) is 11.3. The highest BCUT2D eigenvalue weighted by Gasteiger charge is 2.70. The number of nitrogens with one attached hydrogen (secondary N) is 4. The van der Waals surface area contributed by atoms with Gasteiger partial charge >= 0.3 is 0 Å². The normalized spacial score (nSPS) is 24.5.